The summed E-state index contributed by atoms with van der Waals surface area (Å²) in [4.78, 5) is 4.03. The van der Waals surface area contributed by atoms with Gasteiger partial charge in [-0.25, -0.2) is 4.98 Å². The molecule has 0 aromatic carbocycles. The number of nitriles is 1. The van der Waals surface area contributed by atoms with Crippen molar-refractivity contribution in [1.29, 1.82) is 5.26 Å². The molecule has 2 atom stereocenters. The van der Waals surface area contributed by atoms with Crippen molar-refractivity contribution in [2.75, 3.05) is 6.61 Å². The normalized spacial score (nSPS) is 24.2. The summed E-state index contributed by atoms with van der Waals surface area (Å²) >= 11 is 0. The minimum atomic E-state index is 0.252. The van der Waals surface area contributed by atoms with E-state index in [-0.39, 0.29) is 6.10 Å². The second-order valence-corrected chi connectivity index (χ2v) is 3.97. The van der Waals surface area contributed by atoms with E-state index in [2.05, 4.69) is 23.3 Å². The maximum Gasteiger partial charge on any atom is 0.144 e. The van der Waals surface area contributed by atoms with Crippen molar-refractivity contribution in [3.05, 3.63) is 29.6 Å². The molecule has 0 amide bonds. The maximum atomic E-state index is 8.90. The highest BCUT2D eigenvalue weighted by molar-refractivity contribution is 5.30. The number of hydrogen-bond acceptors (Lipinski definition) is 4. The first-order valence-corrected chi connectivity index (χ1v) is 5.50. The molecular weight excluding hydrogens is 202 g/mol. The van der Waals surface area contributed by atoms with Crippen LogP contribution in [0.1, 0.15) is 24.6 Å². The van der Waals surface area contributed by atoms with Gasteiger partial charge in [0.05, 0.1) is 6.10 Å². The first-order valence-electron chi connectivity index (χ1n) is 5.50. The minimum Gasteiger partial charge on any atom is -0.377 e. The van der Waals surface area contributed by atoms with Gasteiger partial charge in [0.15, 0.2) is 0 Å². The molecule has 0 bridgehead atoms. The van der Waals surface area contributed by atoms with E-state index in [4.69, 9.17) is 10.00 Å². The zero-order valence-electron chi connectivity index (χ0n) is 9.31. The van der Waals surface area contributed by atoms with Gasteiger partial charge in [0.25, 0.3) is 0 Å². The monoisotopic (exact) mass is 217 g/mol. The number of hydrogen-bond donors (Lipinski definition) is 1. The van der Waals surface area contributed by atoms with Gasteiger partial charge < -0.3 is 10.1 Å². The molecule has 84 valence electrons. The lowest BCUT2D eigenvalue weighted by Crippen LogP contribution is -2.34. The number of pyridine rings is 1. The van der Waals surface area contributed by atoms with Gasteiger partial charge in [-0.2, -0.15) is 5.26 Å². The van der Waals surface area contributed by atoms with Crippen LogP contribution in [0.3, 0.4) is 0 Å². The Bertz CT molecular complexity index is 399. The number of nitrogens with one attached hydrogen (secondary N) is 1. The Kier molecular flexibility index (Phi) is 3.50. The lowest BCUT2D eigenvalue weighted by Gasteiger charge is -2.16. The third-order valence-corrected chi connectivity index (χ3v) is 2.93. The molecule has 16 heavy (non-hydrogen) atoms. The predicted octanol–water partition coefficient (Wildman–Crippen LogP) is 1.22. The lowest BCUT2D eigenvalue weighted by molar-refractivity contribution is 0.113. The fourth-order valence-electron chi connectivity index (χ4n) is 1.92. The first-order chi connectivity index (χ1) is 7.81. The summed E-state index contributed by atoms with van der Waals surface area (Å²) in [6.45, 7) is 3.56. The van der Waals surface area contributed by atoms with E-state index in [9.17, 15) is 0 Å². The highest BCUT2D eigenvalue weighted by atomic mass is 16.5. The molecular formula is C12H15N3O. The van der Waals surface area contributed by atoms with Crippen LogP contribution in [0.4, 0.5) is 0 Å². The summed E-state index contributed by atoms with van der Waals surface area (Å²) in [5.41, 5.74) is 1.45. The molecule has 1 fully saturated rings. The highest BCUT2D eigenvalue weighted by Crippen LogP contribution is 2.13. The number of ether oxygens (including phenoxy) is 1. The number of rotatable bonds is 3. The number of aromatic nitrogens is 1. The van der Waals surface area contributed by atoms with E-state index in [0.717, 1.165) is 18.6 Å². The van der Waals surface area contributed by atoms with Gasteiger partial charge in [-0.05, 0) is 19.4 Å². The molecule has 0 spiro atoms. The Morgan fingerprint density at radius 2 is 2.56 bits per heavy atom. The molecule has 1 aromatic rings. The van der Waals surface area contributed by atoms with E-state index in [1.54, 1.807) is 6.20 Å². The van der Waals surface area contributed by atoms with Gasteiger partial charge >= 0.3 is 0 Å². The van der Waals surface area contributed by atoms with Crippen molar-refractivity contribution in [1.82, 2.24) is 10.3 Å². The van der Waals surface area contributed by atoms with Crippen LogP contribution in [-0.4, -0.2) is 23.7 Å². The standard InChI is InChI=1S/C12H15N3O/c1-9-11(4-6-16-9)15-8-10-3-2-5-14-12(10)7-13/h2-3,5,9,11,15H,4,6,8H2,1H3. The van der Waals surface area contributed by atoms with Gasteiger partial charge in [-0.3, -0.25) is 0 Å². The molecule has 0 aliphatic carbocycles. The molecule has 2 unspecified atom stereocenters. The van der Waals surface area contributed by atoms with Crippen molar-refractivity contribution in [2.24, 2.45) is 0 Å². The lowest BCUT2D eigenvalue weighted by atomic mass is 10.1. The Hall–Kier alpha value is -1.44. The third-order valence-electron chi connectivity index (χ3n) is 2.93. The van der Waals surface area contributed by atoms with E-state index >= 15 is 0 Å². The van der Waals surface area contributed by atoms with Crippen LogP contribution in [0, 0.1) is 11.3 Å². The molecule has 1 saturated heterocycles. The molecule has 0 saturated carbocycles. The van der Waals surface area contributed by atoms with E-state index < -0.39 is 0 Å². The molecule has 1 aliphatic heterocycles. The summed E-state index contributed by atoms with van der Waals surface area (Å²) in [5, 5.41) is 12.3. The molecule has 2 heterocycles. The van der Waals surface area contributed by atoms with E-state index in [1.807, 2.05) is 12.1 Å². The SMILES string of the molecule is CC1OCCC1NCc1cccnc1C#N. The zero-order chi connectivity index (χ0) is 11.4. The molecule has 1 aromatic heterocycles. The van der Waals surface area contributed by atoms with Gasteiger partial charge in [0.2, 0.25) is 0 Å². The zero-order valence-corrected chi connectivity index (χ0v) is 9.31. The summed E-state index contributed by atoms with van der Waals surface area (Å²) < 4.78 is 5.47. The van der Waals surface area contributed by atoms with E-state index in [1.165, 1.54) is 0 Å². The first kappa shape index (κ1) is 11.1. The fourth-order valence-corrected chi connectivity index (χ4v) is 1.92. The third kappa shape index (κ3) is 2.38. The molecule has 4 heteroatoms. The average Bonchev–Trinajstić information content (AvgIpc) is 2.72. The van der Waals surface area contributed by atoms with Crippen LogP contribution in [0.15, 0.2) is 18.3 Å². The van der Waals surface area contributed by atoms with Gasteiger partial charge in [-0.15, -0.1) is 0 Å². The smallest absolute Gasteiger partial charge is 0.144 e. The van der Waals surface area contributed by atoms with Crippen molar-refractivity contribution >= 4 is 0 Å². The Morgan fingerprint density at radius 3 is 3.25 bits per heavy atom. The molecule has 1 aliphatic rings. The highest BCUT2D eigenvalue weighted by Gasteiger charge is 2.23. The Balaban J connectivity index is 1.97. The van der Waals surface area contributed by atoms with Crippen LogP contribution >= 0.6 is 0 Å². The second kappa shape index (κ2) is 5.06. The Labute approximate surface area is 95.3 Å². The average molecular weight is 217 g/mol. The topological polar surface area (TPSA) is 57.9 Å². The number of nitrogens with zero attached hydrogens (tertiary/aromatic N) is 2. The molecule has 4 nitrogen and oxygen atoms in total. The quantitative estimate of drug-likeness (QED) is 0.827. The maximum absolute atomic E-state index is 8.90. The van der Waals surface area contributed by atoms with Gasteiger partial charge in [0, 0.05) is 31.0 Å². The summed E-state index contributed by atoms with van der Waals surface area (Å²) in [6.07, 6.45) is 2.93. The van der Waals surface area contributed by atoms with Crippen LogP contribution < -0.4 is 5.32 Å². The van der Waals surface area contributed by atoms with Crippen LogP contribution in [-0.2, 0) is 11.3 Å². The fraction of sp³-hybridized carbons (Fsp3) is 0.500. The van der Waals surface area contributed by atoms with Crippen LogP contribution in [0.25, 0.3) is 0 Å². The summed E-state index contributed by atoms with van der Waals surface area (Å²) in [7, 11) is 0. The Morgan fingerprint density at radius 1 is 1.69 bits per heavy atom. The molecule has 0 radical (unpaired) electrons. The van der Waals surface area contributed by atoms with Crippen LogP contribution in [0.5, 0.6) is 0 Å². The van der Waals surface area contributed by atoms with Gasteiger partial charge in [0.1, 0.15) is 11.8 Å². The second-order valence-electron chi connectivity index (χ2n) is 3.97. The van der Waals surface area contributed by atoms with Crippen molar-refractivity contribution in [3.63, 3.8) is 0 Å². The summed E-state index contributed by atoms with van der Waals surface area (Å²) in [6, 6.07) is 6.26. The van der Waals surface area contributed by atoms with Crippen molar-refractivity contribution < 1.29 is 4.74 Å². The van der Waals surface area contributed by atoms with Gasteiger partial charge in [-0.1, -0.05) is 6.07 Å². The van der Waals surface area contributed by atoms with Crippen molar-refractivity contribution in [3.8, 4) is 6.07 Å². The minimum absolute atomic E-state index is 0.252. The molecule has 1 N–H and O–H groups in total. The van der Waals surface area contributed by atoms with Crippen LogP contribution in [0.2, 0.25) is 0 Å². The predicted molar refractivity (Wildman–Crippen MR) is 59.6 cm³/mol. The molecule has 2 rings (SSSR count). The van der Waals surface area contributed by atoms with E-state index in [0.29, 0.717) is 18.3 Å². The van der Waals surface area contributed by atoms with Crippen molar-refractivity contribution in [2.45, 2.75) is 32.0 Å². The largest absolute Gasteiger partial charge is 0.377 e. The summed E-state index contributed by atoms with van der Waals surface area (Å²) in [5.74, 6) is 0.